The number of carbonyl (C=O) groups is 1. The fraction of sp³-hybridized carbons (Fsp3) is 0.654. The number of fused-ring (bicyclic) bond motifs is 1. The number of hydrogen-bond acceptors (Lipinski definition) is 3. The molecule has 1 aromatic carbocycles. The zero-order valence-electron chi connectivity index (χ0n) is 18.9. The molecular weight excluding hydrogens is 384 g/mol. The maximum absolute atomic E-state index is 13.6. The smallest absolute Gasteiger partial charge is 0.223 e. The van der Waals surface area contributed by atoms with Crippen molar-refractivity contribution in [3.8, 4) is 6.07 Å². The summed E-state index contributed by atoms with van der Waals surface area (Å²) in [5, 5.41) is 16.0. The SMILES string of the molecule is CC(CC(=O)N1C2CC3(C)CC1CC(C#N)(C2)C3)c1nn(C)c2cccc(C3CC3)c12. The monoisotopic (exact) mass is 416 g/mol. The lowest BCUT2D eigenvalue weighted by atomic mass is 9.50. The second-order valence-corrected chi connectivity index (χ2v) is 11.4. The van der Waals surface area contributed by atoms with Gasteiger partial charge in [-0.2, -0.15) is 10.4 Å². The van der Waals surface area contributed by atoms with Crippen molar-refractivity contribution in [3.05, 3.63) is 29.5 Å². The summed E-state index contributed by atoms with van der Waals surface area (Å²) < 4.78 is 1.98. The summed E-state index contributed by atoms with van der Waals surface area (Å²) in [6.45, 7) is 4.50. The second kappa shape index (κ2) is 6.34. The number of amides is 1. The third kappa shape index (κ3) is 2.87. The molecule has 3 heterocycles. The molecule has 1 amide bonds. The van der Waals surface area contributed by atoms with E-state index >= 15 is 0 Å². The zero-order chi connectivity index (χ0) is 21.5. The van der Waals surface area contributed by atoms with Crippen LogP contribution in [0.3, 0.4) is 0 Å². The maximum Gasteiger partial charge on any atom is 0.223 e. The van der Waals surface area contributed by atoms with Gasteiger partial charge in [0.25, 0.3) is 0 Å². The molecule has 0 spiro atoms. The first-order chi connectivity index (χ1) is 14.8. The van der Waals surface area contributed by atoms with Gasteiger partial charge in [-0.3, -0.25) is 9.48 Å². The van der Waals surface area contributed by atoms with Crippen LogP contribution in [-0.2, 0) is 11.8 Å². The summed E-state index contributed by atoms with van der Waals surface area (Å²) in [5.41, 5.74) is 3.72. The van der Waals surface area contributed by atoms with Gasteiger partial charge in [0.2, 0.25) is 5.91 Å². The van der Waals surface area contributed by atoms with Gasteiger partial charge in [-0.1, -0.05) is 26.0 Å². The summed E-state index contributed by atoms with van der Waals surface area (Å²) in [5.74, 6) is 1.01. The predicted octanol–water partition coefficient (Wildman–Crippen LogP) is 5.02. The van der Waals surface area contributed by atoms with Gasteiger partial charge in [0.1, 0.15) is 0 Å². The van der Waals surface area contributed by atoms with Gasteiger partial charge in [-0.25, -0.2) is 0 Å². The molecule has 2 saturated heterocycles. The van der Waals surface area contributed by atoms with Crippen LogP contribution in [0.15, 0.2) is 18.2 Å². The molecule has 3 unspecified atom stereocenters. The van der Waals surface area contributed by atoms with Crippen LogP contribution in [0.1, 0.15) is 88.3 Å². The molecule has 0 N–H and O–H groups in total. The topological polar surface area (TPSA) is 61.9 Å². The number of hydrogen-bond donors (Lipinski definition) is 0. The van der Waals surface area contributed by atoms with E-state index in [1.165, 1.54) is 29.3 Å². The van der Waals surface area contributed by atoms with Crippen molar-refractivity contribution in [1.82, 2.24) is 14.7 Å². The lowest BCUT2D eigenvalue weighted by Gasteiger charge is -2.63. The van der Waals surface area contributed by atoms with Crippen LogP contribution >= 0.6 is 0 Å². The molecule has 4 bridgehead atoms. The van der Waals surface area contributed by atoms with Crippen molar-refractivity contribution in [3.63, 3.8) is 0 Å². The molecule has 3 saturated carbocycles. The van der Waals surface area contributed by atoms with Gasteiger partial charge in [-0.05, 0) is 67.9 Å². The van der Waals surface area contributed by atoms with Gasteiger partial charge in [-0.15, -0.1) is 0 Å². The molecule has 5 heteroatoms. The normalized spacial score (nSPS) is 34.8. The maximum atomic E-state index is 13.6. The summed E-state index contributed by atoms with van der Waals surface area (Å²) >= 11 is 0. The Morgan fingerprint density at radius 2 is 1.97 bits per heavy atom. The van der Waals surface area contributed by atoms with Gasteiger partial charge in [0, 0.05) is 36.9 Å². The first kappa shape index (κ1) is 19.3. The van der Waals surface area contributed by atoms with Crippen LogP contribution in [0, 0.1) is 22.2 Å². The van der Waals surface area contributed by atoms with Crippen molar-refractivity contribution in [1.29, 1.82) is 5.26 Å². The molecule has 7 rings (SSSR count). The average molecular weight is 417 g/mol. The van der Waals surface area contributed by atoms with E-state index in [4.69, 9.17) is 5.10 Å². The van der Waals surface area contributed by atoms with Crippen molar-refractivity contribution < 1.29 is 4.79 Å². The number of carbonyl (C=O) groups excluding carboxylic acids is 1. The van der Waals surface area contributed by atoms with Crippen molar-refractivity contribution in [2.75, 3.05) is 0 Å². The second-order valence-electron chi connectivity index (χ2n) is 11.4. The molecule has 3 aliphatic carbocycles. The Bertz CT molecular complexity index is 1100. The lowest BCUT2D eigenvalue weighted by molar-refractivity contribution is -0.163. The summed E-state index contributed by atoms with van der Waals surface area (Å²) in [6, 6.07) is 9.69. The number of rotatable bonds is 4. The Morgan fingerprint density at radius 1 is 1.26 bits per heavy atom. The molecule has 3 atom stereocenters. The number of aryl methyl sites for hydroxylation is 1. The lowest BCUT2D eigenvalue weighted by Crippen LogP contribution is -2.65. The highest BCUT2D eigenvalue weighted by Crippen LogP contribution is 2.61. The van der Waals surface area contributed by atoms with Crippen LogP contribution in [0.25, 0.3) is 10.9 Å². The number of benzene rings is 1. The molecule has 2 aromatic rings. The molecule has 2 aliphatic heterocycles. The number of aromatic nitrogens is 2. The molecular formula is C26H32N4O. The molecule has 0 radical (unpaired) electrons. The standard InChI is InChI=1S/C26H32N4O/c1-16(24-23-20(17-7-8-17)5-4-6-21(23)29(3)28-24)9-22(31)30-18-10-25(2)11-19(30)13-26(12-18,14-25)15-27/h4-6,16-19H,7-14H2,1-3H3. The van der Waals surface area contributed by atoms with Gasteiger partial charge < -0.3 is 4.90 Å². The van der Waals surface area contributed by atoms with Gasteiger partial charge in [0.05, 0.1) is 22.7 Å². The molecule has 1 aromatic heterocycles. The summed E-state index contributed by atoms with van der Waals surface area (Å²) in [4.78, 5) is 15.8. The van der Waals surface area contributed by atoms with E-state index in [0.717, 1.165) is 37.8 Å². The number of nitriles is 1. The number of nitrogens with zero attached hydrogens (tertiary/aromatic N) is 4. The fourth-order valence-corrected chi connectivity index (χ4v) is 7.60. The Labute approximate surface area is 184 Å². The van der Waals surface area contributed by atoms with Crippen LogP contribution < -0.4 is 0 Å². The Hall–Kier alpha value is -2.35. The minimum Gasteiger partial charge on any atom is -0.337 e. The Kier molecular flexibility index (Phi) is 3.96. The largest absolute Gasteiger partial charge is 0.337 e. The third-order valence-electron chi connectivity index (χ3n) is 8.69. The van der Waals surface area contributed by atoms with Crippen LogP contribution in [0.4, 0.5) is 0 Å². The molecule has 5 aliphatic rings. The quantitative estimate of drug-likeness (QED) is 0.703. The van der Waals surface area contributed by atoms with E-state index in [9.17, 15) is 10.1 Å². The Morgan fingerprint density at radius 3 is 2.61 bits per heavy atom. The first-order valence-electron chi connectivity index (χ1n) is 12.0. The number of piperidine rings is 2. The van der Waals surface area contributed by atoms with E-state index in [0.29, 0.717) is 12.3 Å². The minimum absolute atomic E-state index is 0.0915. The van der Waals surface area contributed by atoms with Crippen molar-refractivity contribution in [2.45, 2.75) is 89.1 Å². The highest BCUT2D eigenvalue weighted by molar-refractivity contribution is 5.88. The van der Waals surface area contributed by atoms with E-state index in [-0.39, 0.29) is 34.7 Å². The third-order valence-corrected chi connectivity index (χ3v) is 8.69. The Balaban J connectivity index is 1.28. The summed E-state index contributed by atoms with van der Waals surface area (Å²) in [6.07, 6.45) is 7.91. The molecule has 162 valence electrons. The molecule has 31 heavy (non-hydrogen) atoms. The highest BCUT2D eigenvalue weighted by Gasteiger charge is 2.60. The van der Waals surface area contributed by atoms with E-state index in [1.54, 1.807) is 0 Å². The van der Waals surface area contributed by atoms with Crippen molar-refractivity contribution >= 4 is 16.8 Å². The fourth-order valence-electron chi connectivity index (χ4n) is 7.60. The van der Waals surface area contributed by atoms with Gasteiger partial charge in [0.15, 0.2) is 0 Å². The first-order valence-corrected chi connectivity index (χ1v) is 12.0. The van der Waals surface area contributed by atoms with Crippen LogP contribution in [-0.4, -0.2) is 32.7 Å². The predicted molar refractivity (Wildman–Crippen MR) is 119 cm³/mol. The van der Waals surface area contributed by atoms with Crippen molar-refractivity contribution in [2.24, 2.45) is 17.9 Å². The van der Waals surface area contributed by atoms with Gasteiger partial charge >= 0.3 is 0 Å². The van der Waals surface area contributed by atoms with Crippen LogP contribution in [0.2, 0.25) is 0 Å². The average Bonchev–Trinajstić information content (AvgIpc) is 3.49. The van der Waals surface area contributed by atoms with E-state index < -0.39 is 0 Å². The zero-order valence-corrected chi connectivity index (χ0v) is 18.9. The minimum atomic E-state index is -0.195. The summed E-state index contributed by atoms with van der Waals surface area (Å²) in [7, 11) is 2.01. The van der Waals surface area contributed by atoms with E-state index in [2.05, 4.69) is 43.0 Å². The van der Waals surface area contributed by atoms with E-state index in [1.807, 2.05) is 11.7 Å². The molecule has 5 nitrogen and oxygen atoms in total. The molecule has 5 fully saturated rings. The van der Waals surface area contributed by atoms with Crippen LogP contribution in [0.5, 0.6) is 0 Å². The highest BCUT2D eigenvalue weighted by atomic mass is 16.2.